The molecule has 0 bridgehead atoms. The number of nitro benzene ring substituents is 1. The van der Waals surface area contributed by atoms with Gasteiger partial charge in [0.25, 0.3) is 5.69 Å². The molecule has 0 heterocycles. The van der Waals surface area contributed by atoms with Crippen molar-refractivity contribution in [1.29, 1.82) is 0 Å². The molecule has 0 atom stereocenters. The van der Waals surface area contributed by atoms with E-state index in [2.05, 4.69) is 4.72 Å². The topological polar surface area (TPSA) is 119 Å². The molecule has 0 saturated carbocycles. The lowest BCUT2D eigenvalue weighted by molar-refractivity contribution is -0.385. The maximum Gasteiger partial charge on any atom is 0.271 e. The maximum atomic E-state index is 12.2. The number of ether oxygens (including phenoxy) is 1. The molecular weight excluding hydrogens is 300 g/mol. The minimum atomic E-state index is -3.89. The van der Waals surface area contributed by atoms with Crippen LogP contribution in [0.15, 0.2) is 23.1 Å². The van der Waals surface area contributed by atoms with Gasteiger partial charge in [0.15, 0.2) is 0 Å². The van der Waals surface area contributed by atoms with Crippen molar-refractivity contribution in [1.82, 2.24) is 4.72 Å². The summed E-state index contributed by atoms with van der Waals surface area (Å²) in [6.07, 6.45) is 1.85. The highest BCUT2D eigenvalue weighted by Crippen LogP contribution is 2.27. The second-order valence-electron chi connectivity index (χ2n) is 4.27. The van der Waals surface area contributed by atoms with E-state index in [4.69, 9.17) is 9.84 Å². The van der Waals surface area contributed by atoms with Crippen molar-refractivity contribution in [2.24, 2.45) is 0 Å². The number of nitro groups is 1. The summed E-state index contributed by atoms with van der Waals surface area (Å²) in [4.78, 5) is 9.81. The number of hydrogen-bond acceptors (Lipinski definition) is 6. The highest BCUT2D eigenvalue weighted by Gasteiger charge is 2.22. The van der Waals surface area contributed by atoms with Crippen molar-refractivity contribution in [3.63, 3.8) is 0 Å². The summed E-state index contributed by atoms with van der Waals surface area (Å²) < 4.78 is 31.6. The van der Waals surface area contributed by atoms with Crippen LogP contribution in [0.3, 0.4) is 0 Å². The standard InChI is InChI=1S/C12H18N2O6S/c1-20-11-6-5-10(14(16)17)9-12(11)21(18,19)13-7-3-2-4-8-15/h5-6,9,13,15H,2-4,7-8H2,1H3. The number of nitrogens with one attached hydrogen (secondary N) is 1. The molecule has 1 aromatic carbocycles. The van der Waals surface area contributed by atoms with Crippen LogP contribution in [0.25, 0.3) is 0 Å². The van der Waals surface area contributed by atoms with Gasteiger partial charge >= 0.3 is 0 Å². The van der Waals surface area contributed by atoms with Crippen LogP contribution in [0.1, 0.15) is 19.3 Å². The molecule has 0 amide bonds. The number of nitrogens with zero attached hydrogens (tertiary/aromatic N) is 1. The Bertz CT molecular complexity index is 587. The van der Waals surface area contributed by atoms with E-state index in [0.717, 1.165) is 6.07 Å². The number of methoxy groups -OCH3 is 1. The van der Waals surface area contributed by atoms with Gasteiger partial charge in [0.1, 0.15) is 10.6 Å². The molecule has 0 saturated heterocycles. The Morgan fingerprint density at radius 3 is 2.62 bits per heavy atom. The number of non-ortho nitro benzene ring substituents is 1. The minimum Gasteiger partial charge on any atom is -0.495 e. The number of unbranched alkanes of at least 4 members (excludes halogenated alkanes) is 2. The van der Waals surface area contributed by atoms with Crippen LogP contribution in [0.5, 0.6) is 5.75 Å². The molecule has 21 heavy (non-hydrogen) atoms. The van der Waals surface area contributed by atoms with Gasteiger partial charge in [0, 0.05) is 25.3 Å². The number of hydrogen-bond donors (Lipinski definition) is 2. The van der Waals surface area contributed by atoms with E-state index in [1.165, 1.54) is 19.2 Å². The lowest BCUT2D eigenvalue weighted by Crippen LogP contribution is -2.25. The van der Waals surface area contributed by atoms with Crippen LogP contribution >= 0.6 is 0 Å². The molecule has 0 radical (unpaired) electrons. The lowest BCUT2D eigenvalue weighted by Gasteiger charge is -2.10. The minimum absolute atomic E-state index is 0.0449. The van der Waals surface area contributed by atoms with Crippen LogP contribution in [-0.2, 0) is 10.0 Å². The summed E-state index contributed by atoms with van der Waals surface area (Å²) >= 11 is 0. The van der Waals surface area contributed by atoms with Crippen LogP contribution in [-0.4, -0.2) is 38.7 Å². The number of benzene rings is 1. The Labute approximate surface area is 122 Å². The Morgan fingerprint density at radius 2 is 2.05 bits per heavy atom. The third-order valence-electron chi connectivity index (χ3n) is 2.77. The van der Waals surface area contributed by atoms with Gasteiger partial charge in [-0.05, 0) is 25.3 Å². The highest BCUT2D eigenvalue weighted by molar-refractivity contribution is 7.89. The fraction of sp³-hybridized carbons (Fsp3) is 0.500. The summed E-state index contributed by atoms with van der Waals surface area (Å²) in [5, 5.41) is 19.4. The first-order valence-electron chi connectivity index (χ1n) is 6.35. The third kappa shape index (κ3) is 4.96. The Kier molecular flexibility index (Phi) is 6.53. The summed E-state index contributed by atoms with van der Waals surface area (Å²) in [5.74, 6) is 0.0449. The number of aliphatic hydroxyl groups excluding tert-OH is 1. The predicted octanol–water partition coefficient (Wildman–Crippen LogP) is 1.04. The van der Waals surface area contributed by atoms with Crippen molar-refractivity contribution in [2.75, 3.05) is 20.3 Å². The van der Waals surface area contributed by atoms with Gasteiger partial charge in [-0.1, -0.05) is 0 Å². The molecule has 0 aromatic heterocycles. The fourth-order valence-electron chi connectivity index (χ4n) is 1.69. The van der Waals surface area contributed by atoms with Crippen LogP contribution in [0.2, 0.25) is 0 Å². The molecule has 0 aliphatic rings. The highest BCUT2D eigenvalue weighted by atomic mass is 32.2. The molecule has 1 rings (SSSR count). The maximum absolute atomic E-state index is 12.2. The summed E-state index contributed by atoms with van der Waals surface area (Å²) in [6, 6.07) is 3.40. The average molecular weight is 318 g/mol. The van der Waals surface area contributed by atoms with Gasteiger partial charge < -0.3 is 9.84 Å². The fourth-order valence-corrected chi connectivity index (χ4v) is 2.95. The molecule has 0 spiro atoms. The number of rotatable bonds is 9. The monoisotopic (exact) mass is 318 g/mol. The smallest absolute Gasteiger partial charge is 0.271 e. The molecule has 2 N–H and O–H groups in total. The molecule has 0 fully saturated rings. The molecule has 0 unspecified atom stereocenters. The first kappa shape index (κ1) is 17.3. The summed E-state index contributed by atoms with van der Waals surface area (Å²) in [7, 11) is -2.60. The normalized spacial score (nSPS) is 11.3. The predicted molar refractivity (Wildman–Crippen MR) is 75.8 cm³/mol. The van der Waals surface area contributed by atoms with Gasteiger partial charge in [0.2, 0.25) is 10.0 Å². The van der Waals surface area contributed by atoms with Crippen molar-refractivity contribution < 1.29 is 23.2 Å². The first-order chi connectivity index (χ1) is 9.92. The molecular formula is C12H18N2O6S. The molecule has 9 heteroatoms. The second-order valence-corrected chi connectivity index (χ2v) is 6.01. The average Bonchev–Trinajstić information content (AvgIpc) is 2.46. The Balaban J connectivity index is 2.90. The van der Waals surface area contributed by atoms with Crippen molar-refractivity contribution in [2.45, 2.75) is 24.2 Å². The number of sulfonamides is 1. The van der Waals surface area contributed by atoms with Gasteiger partial charge in [-0.2, -0.15) is 0 Å². The summed E-state index contributed by atoms with van der Waals surface area (Å²) in [6.45, 7) is 0.250. The van der Waals surface area contributed by atoms with E-state index in [-0.39, 0.29) is 29.5 Å². The molecule has 0 aliphatic carbocycles. The second kappa shape index (κ2) is 7.91. The van der Waals surface area contributed by atoms with Crippen LogP contribution in [0, 0.1) is 10.1 Å². The van der Waals surface area contributed by atoms with Gasteiger partial charge in [-0.3, -0.25) is 10.1 Å². The van der Waals surface area contributed by atoms with E-state index in [1.807, 2.05) is 0 Å². The van der Waals surface area contributed by atoms with Crippen LogP contribution < -0.4 is 9.46 Å². The molecule has 118 valence electrons. The zero-order chi connectivity index (χ0) is 15.9. The van der Waals surface area contributed by atoms with Crippen molar-refractivity contribution in [3.05, 3.63) is 28.3 Å². The zero-order valence-electron chi connectivity index (χ0n) is 11.6. The Morgan fingerprint density at radius 1 is 1.33 bits per heavy atom. The van der Waals surface area contributed by atoms with Gasteiger partial charge in [-0.15, -0.1) is 0 Å². The first-order valence-corrected chi connectivity index (χ1v) is 7.83. The van der Waals surface area contributed by atoms with E-state index < -0.39 is 14.9 Å². The van der Waals surface area contributed by atoms with Crippen molar-refractivity contribution >= 4 is 15.7 Å². The molecule has 0 aliphatic heterocycles. The lowest BCUT2D eigenvalue weighted by atomic mass is 10.2. The quantitative estimate of drug-likeness (QED) is 0.399. The van der Waals surface area contributed by atoms with Gasteiger partial charge in [-0.25, -0.2) is 13.1 Å². The zero-order valence-corrected chi connectivity index (χ0v) is 12.4. The van der Waals surface area contributed by atoms with E-state index >= 15 is 0 Å². The molecule has 8 nitrogen and oxygen atoms in total. The molecule has 1 aromatic rings. The van der Waals surface area contributed by atoms with Crippen LogP contribution in [0.4, 0.5) is 5.69 Å². The van der Waals surface area contributed by atoms with Crippen molar-refractivity contribution in [3.8, 4) is 5.75 Å². The van der Waals surface area contributed by atoms with E-state index in [0.29, 0.717) is 19.3 Å². The van der Waals surface area contributed by atoms with E-state index in [9.17, 15) is 18.5 Å². The Hall–Kier alpha value is -1.71. The summed E-state index contributed by atoms with van der Waals surface area (Å²) in [5.41, 5.74) is -0.323. The SMILES string of the molecule is COc1ccc([N+](=O)[O-])cc1S(=O)(=O)NCCCCCO. The largest absolute Gasteiger partial charge is 0.495 e. The number of aliphatic hydroxyl groups is 1. The van der Waals surface area contributed by atoms with E-state index in [1.54, 1.807) is 0 Å². The third-order valence-corrected chi connectivity index (χ3v) is 4.26. The van der Waals surface area contributed by atoms with Gasteiger partial charge in [0.05, 0.1) is 12.0 Å².